The molecule has 0 aliphatic heterocycles. The summed E-state index contributed by atoms with van der Waals surface area (Å²) in [4.78, 5) is 10.8. The Morgan fingerprint density at radius 3 is 3.00 bits per heavy atom. The van der Waals surface area contributed by atoms with Crippen molar-refractivity contribution in [2.75, 3.05) is 13.7 Å². The third kappa shape index (κ3) is 3.93. The number of carbonyl (C=O) groups is 1. The Balaban J connectivity index is 2.34. The summed E-state index contributed by atoms with van der Waals surface area (Å²) in [5.41, 5.74) is 1.24. The average Bonchev–Trinajstić information content (AvgIpc) is 2.77. The quantitative estimate of drug-likeness (QED) is 0.668. The van der Waals surface area contributed by atoms with E-state index in [0.29, 0.717) is 6.54 Å². The minimum absolute atomic E-state index is 0.250. The third-order valence-electron chi connectivity index (χ3n) is 2.10. The lowest BCUT2D eigenvalue weighted by Crippen LogP contribution is -2.31. The highest BCUT2D eigenvalue weighted by atomic mass is 79.9. The van der Waals surface area contributed by atoms with E-state index in [9.17, 15) is 4.79 Å². The number of thiophene rings is 1. The molecule has 0 aliphatic carbocycles. The normalized spacial score (nSPS) is 14.6. The van der Waals surface area contributed by atoms with E-state index < -0.39 is 0 Å². The first-order valence-corrected chi connectivity index (χ1v) is 6.48. The fraction of sp³-hybridized carbons (Fsp3) is 0.500. The highest BCUT2D eigenvalue weighted by Gasteiger charge is 2.16. The van der Waals surface area contributed by atoms with Crippen molar-refractivity contribution in [3.05, 3.63) is 22.4 Å². The van der Waals surface area contributed by atoms with Crippen LogP contribution in [-0.4, -0.2) is 24.5 Å². The van der Waals surface area contributed by atoms with Gasteiger partial charge >= 0.3 is 5.97 Å². The molecule has 0 aromatic carbocycles. The van der Waals surface area contributed by atoms with Gasteiger partial charge in [0.25, 0.3) is 0 Å². The van der Waals surface area contributed by atoms with Gasteiger partial charge in [0.15, 0.2) is 0 Å². The maximum Gasteiger partial charge on any atom is 0.320 e. The number of alkyl halides is 1. The summed E-state index contributed by atoms with van der Waals surface area (Å²) in [6.07, 6.45) is 0. The van der Waals surface area contributed by atoms with Gasteiger partial charge in [0.2, 0.25) is 0 Å². The van der Waals surface area contributed by atoms with Gasteiger partial charge in [0.05, 0.1) is 7.11 Å². The molecule has 1 aromatic rings. The number of esters is 1. The van der Waals surface area contributed by atoms with Crippen LogP contribution in [0.1, 0.15) is 18.5 Å². The zero-order valence-corrected chi connectivity index (χ0v) is 11.1. The molecule has 0 saturated carbocycles. The van der Waals surface area contributed by atoms with Crippen molar-refractivity contribution < 1.29 is 9.53 Å². The highest BCUT2D eigenvalue weighted by Crippen LogP contribution is 2.15. The van der Waals surface area contributed by atoms with E-state index >= 15 is 0 Å². The van der Waals surface area contributed by atoms with E-state index in [0.717, 1.165) is 0 Å². The summed E-state index contributed by atoms with van der Waals surface area (Å²) in [6.45, 7) is 2.63. The van der Waals surface area contributed by atoms with Gasteiger partial charge in [-0.05, 0) is 29.3 Å². The molecule has 84 valence electrons. The molecule has 0 fully saturated rings. The minimum atomic E-state index is -0.288. The fourth-order valence-corrected chi connectivity index (χ4v) is 2.26. The fourth-order valence-electron chi connectivity index (χ4n) is 1.13. The topological polar surface area (TPSA) is 38.3 Å². The maximum absolute atomic E-state index is 11.1. The first-order valence-electron chi connectivity index (χ1n) is 4.62. The van der Waals surface area contributed by atoms with E-state index in [2.05, 4.69) is 44.4 Å². The Bertz CT molecular complexity index is 302. The SMILES string of the molecule is COC(=O)C(Br)CNC(C)c1ccsc1. The molecular weight excluding hydrogens is 278 g/mol. The van der Waals surface area contributed by atoms with Crippen LogP contribution in [0.2, 0.25) is 0 Å². The Labute approximate surface area is 102 Å². The van der Waals surface area contributed by atoms with Crippen LogP contribution >= 0.6 is 27.3 Å². The molecule has 1 rings (SSSR count). The molecule has 0 aliphatic rings. The molecule has 1 aromatic heterocycles. The van der Waals surface area contributed by atoms with Gasteiger partial charge in [-0.3, -0.25) is 4.79 Å². The van der Waals surface area contributed by atoms with E-state index in [1.165, 1.54) is 12.7 Å². The summed E-state index contributed by atoms with van der Waals surface area (Å²) in [6, 6.07) is 2.32. The van der Waals surface area contributed by atoms with Crippen molar-refractivity contribution in [1.82, 2.24) is 5.32 Å². The second-order valence-corrected chi connectivity index (χ2v) is 5.06. The number of halogens is 1. The van der Waals surface area contributed by atoms with Gasteiger partial charge in [-0.25, -0.2) is 0 Å². The summed E-state index contributed by atoms with van der Waals surface area (Å²) < 4.78 is 4.61. The molecule has 0 bridgehead atoms. The van der Waals surface area contributed by atoms with Crippen molar-refractivity contribution >= 4 is 33.2 Å². The van der Waals surface area contributed by atoms with Crippen LogP contribution in [0.5, 0.6) is 0 Å². The third-order valence-corrected chi connectivity index (χ3v) is 3.50. The summed E-state index contributed by atoms with van der Waals surface area (Å²) in [7, 11) is 1.39. The first kappa shape index (κ1) is 12.7. The lowest BCUT2D eigenvalue weighted by molar-refractivity contribution is -0.139. The lowest BCUT2D eigenvalue weighted by atomic mass is 10.2. The molecule has 2 atom stereocenters. The Hall–Kier alpha value is -0.390. The van der Waals surface area contributed by atoms with Crippen LogP contribution in [0, 0.1) is 0 Å². The second-order valence-electron chi connectivity index (χ2n) is 3.18. The molecule has 0 radical (unpaired) electrons. The standard InChI is InChI=1S/C10H14BrNO2S/c1-7(8-3-4-15-6-8)12-5-9(11)10(13)14-2/h3-4,6-7,9,12H,5H2,1-2H3. The predicted octanol–water partition coefficient (Wildman–Crippen LogP) is 2.34. The van der Waals surface area contributed by atoms with Crippen molar-refractivity contribution in [2.45, 2.75) is 17.8 Å². The zero-order valence-electron chi connectivity index (χ0n) is 8.70. The number of methoxy groups -OCH3 is 1. The molecule has 15 heavy (non-hydrogen) atoms. The summed E-state index contributed by atoms with van der Waals surface area (Å²) in [5.74, 6) is -0.250. The molecule has 0 spiro atoms. The molecule has 3 nitrogen and oxygen atoms in total. The van der Waals surface area contributed by atoms with E-state index in [1.54, 1.807) is 11.3 Å². The van der Waals surface area contributed by atoms with Crippen molar-refractivity contribution in [3.63, 3.8) is 0 Å². The minimum Gasteiger partial charge on any atom is -0.468 e. The number of hydrogen-bond donors (Lipinski definition) is 1. The van der Waals surface area contributed by atoms with Crippen LogP contribution in [0.3, 0.4) is 0 Å². The van der Waals surface area contributed by atoms with Crippen LogP contribution < -0.4 is 5.32 Å². The van der Waals surface area contributed by atoms with Crippen LogP contribution in [0.4, 0.5) is 0 Å². The van der Waals surface area contributed by atoms with Crippen molar-refractivity contribution in [3.8, 4) is 0 Å². The van der Waals surface area contributed by atoms with Gasteiger partial charge in [-0.2, -0.15) is 11.3 Å². The van der Waals surface area contributed by atoms with Crippen LogP contribution in [-0.2, 0) is 9.53 Å². The van der Waals surface area contributed by atoms with Crippen LogP contribution in [0.15, 0.2) is 16.8 Å². The van der Waals surface area contributed by atoms with Crippen molar-refractivity contribution in [1.29, 1.82) is 0 Å². The lowest BCUT2D eigenvalue weighted by Gasteiger charge is -2.14. The number of rotatable bonds is 5. The van der Waals surface area contributed by atoms with E-state index in [4.69, 9.17) is 0 Å². The smallest absolute Gasteiger partial charge is 0.320 e. The molecule has 0 amide bonds. The molecule has 0 saturated heterocycles. The zero-order chi connectivity index (χ0) is 11.3. The molecule has 1 N–H and O–H groups in total. The van der Waals surface area contributed by atoms with Crippen LogP contribution in [0.25, 0.3) is 0 Å². The summed E-state index contributed by atoms with van der Waals surface area (Å²) >= 11 is 4.93. The Kier molecular flexibility index (Phi) is 5.28. The largest absolute Gasteiger partial charge is 0.468 e. The monoisotopic (exact) mass is 291 g/mol. The van der Waals surface area contributed by atoms with Gasteiger partial charge in [0, 0.05) is 12.6 Å². The van der Waals surface area contributed by atoms with Gasteiger partial charge in [-0.1, -0.05) is 15.9 Å². The second kappa shape index (κ2) is 6.25. The van der Waals surface area contributed by atoms with Gasteiger partial charge in [-0.15, -0.1) is 0 Å². The molecule has 1 heterocycles. The highest BCUT2D eigenvalue weighted by molar-refractivity contribution is 9.10. The van der Waals surface area contributed by atoms with Gasteiger partial charge in [0.1, 0.15) is 4.83 Å². The first-order chi connectivity index (χ1) is 7.15. The molecule has 2 unspecified atom stereocenters. The number of hydrogen-bond acceptors (Lipinski definition) is 4. The average molecular weight is 292 g/mol. The number of carbonyl (C=O) groups excluding carboxylic acids is 1. The Morgan fingerprint density at radius 1 is 1.73 bits per heavy atom. The van der Waals surface area contributed by atoms with E-state index in [1.807, 2.05) is 5.38 Å². The predicted molar refractivity (Wildman–Crippen MR) is 65.5 cm³/mol. The molecular formula is C10H14BrNO2S. The van der Waals surface area contributed by atoms with Crippen molar-refractivity contribution in [2.24, 2.45) is 0 Å². The Morgan fingerprint density at radius 2 is 2.47 bits per heavy atom. The number of nitrogens with one attached hydrogen (secondary N) is 1. The summed E-state index contributed by atoms with van der Waals surface area (Å²) in [5, 5.41) is 7.40. The molecule has 5 heteroatoms. The number of ether oxygens (including phenoxy) is 1. The van der Waals surface area contributed by atoms with E-state index in [-0.39, 0.29) is 16.8 Å². The maximum atomic E-state index is 11.1. The van der Waals surface area contributed by atoms with Gasteiger partial charge < -0.3 is 10.1 Å².